The van der Waals surface area contributed by atoms with Gasteiger partial charge in [0.25, 0.3) is 0 Å². The number of hydrogen-bond donors (Lipinski definition) is 2. The predicted molar refractivity (Wildman–Crippen MR) is 123 cm³/mol. The Morgan fingerprint density at radius 3 is 2.70 bits per heavy atom. The van der Waals surface area contributed by atoms with Crippen LogP contribution in [-0.2, 0) is 10.2 Å². The summed E-state index contributed by atoms with van der Waals surface area (Å²) in [5.41, 5.74) is 1.53. The zero-order valence-electron chi connectivity index (χ0n) is 19.0. The summed E-state index contributed by atoms with van der Waals surface area (Å²) in [6.07, 6.45) is 2.08. The van der Waals surface area contributed by atoms with Crippen LogP contribution >= 0.6 is 0 Å². The van der Waals surface area contributed by atoms with E-state index in [0.717, 1.165) is 10.8 Å². The highest BCUT2D eigenvalue weighted by Gasteiger charge is 2.32. The van der Waals surface area contributed by atoms with Gasteiger partial charge in [-0.15, -0.1) is 0 Å². The summed E-state index contributed by atoms with van der Waals surface area (Å²) in [5.74, 6) is -0.754. The first-order chi connectivity index (χ1) is 15.5. The number of anilines is 1. The molecule has 1 fully saturated rings. The van der Waals surface area contributed by atoms with Gasteiger partial charge in [-0.3, -0.25) is 0 Å². The number of carbonyl (C=O) groups excluding carboxylic acids is 1. The van der Waals surface area contributed by atoms with Crippen molar-refractivity contribution in [3.8, 4) is 17.2 Å². The van der Waals surface area contributed by atoms with Gasteiger partial charge in [-0.2, -0.15) is 18.0 Å². The molecule has 2 aromatic rings. The number of nitrogens with zero attached hydrogens (tertiary/aromatic N) is 4. The van der Waals surface area contributed by atoms with E-state index in [1.54, 1.807) is 6.07 Å². The molecule has 1 saturated heterocycles. The van der Waals surface area contributed by atoms with E-state index in [4.69, 9.17) is 5.26 Å². The van der Waals surface area contributed by atoms with Gasteiger partial charge in [-0.1, -0.05) is 13.8 Å². The Balaban J connectivity index is 1.89. The Bertz CT molecular complexity index is 1200. The lowest BCUT2D eigenvalue weighted by Crippen LogP contribution is -2.48. The molecule has 2 heterocycles. The molecule has 1 aromatic heterocycles. The number of carbonyl (C=O) groups is 1. The number of halogens is 1. The number of aromatic nitrogens is 1. The maximum absolute atomic E-state index is 14.9. The van der Waals surface area contributed by atoms with Crippen molar-refractivity contribution in [1.29, 1.82) is 5.26 Å². The first-order valence-corrected chi connectivity index (χ1v) is 11.9. The molecule has 33 heavy (non-hydrogen) atoms. The zero-order chi connectivity index (χ0) is 24.3. The maximum atomic E-state index is 14.9. The highest BCUT2D eigenvalue weighted by Crippen LogP contribution is 2.37. The van der Waals surface area contributed by atoms with Crippen molar-refractivity contribution in [2.75, 3.05) is 32.5 Å². The molecule has 1 aliphatic rings. The Kier molecular flexibility index (Phi) is 7.31. The Labute approximate surface area is 193 Å². The quantitative estimate of drug-likeness (QED) is 0.665. The van der Waals surface area contributed by atoms with E-state index in [9.17, 15) is 17.6 Å². The van der Waals surface area contributed by atoms with Crippen LogP contribution in [-0.4, -0.2) is 61.9 Å². The van der Waals surface area contributed by atoms with E-state index < -0.39 is 22.1 Å². The van der Waals surface area contributed by atoms with Crippen LogP contribution in [0.1, 0.15) is 37.4 Å². The third-order valence-electron chi connectivity index (χ3n) is 5.66. The van der Waals surface area contributed by atoms with Crippen LogP contribution in [0.2, 0.25) is 0 Å². The van der Waals surface area contributed by atoms with Crippen molar-refractivity contribution in [3.05, 3.63) is 47.5 Å². The number of nitrogens with one attached hydrogen (secondary N) is 2. The SMILES string of the molecule is CC(C)c1c(NC(=O)NS(=O)(=O)N(C)C2CCN(C)C2)ccc(F)c1-c1ccnc(C#N)c1. The molecule has 0 saturated carbocycles. The van der Waals surface area contributed by atoms with Crippen LogP contribution in [0.15, 0.2) is 30.5 Å². The van der Waals surface area contributed by atoms with E-state index >= 15 is 0 Å². The van der Waals surface area contributed by atoms with Gasteiger partial charge in [-0.25, -0.2) is 18.9 Å². The van der Waals surface area contributed by atoms with E-state index in [2.05, 4.69) is 10.3 Å². The van der Waals surface area contributed by atoms with Crippen LogP contribution in [0.4, 0.5) is 14.9 Å². The molecule has 2 amide bonds. The largest absolute Gasteiger partial charge is 0.333 e. The summed E-state index contributed by atoms with van der Waals surface area (Å²) in [4.78, 5) is 18.6. The van der Waals surface area contributed by atoms with Gasteiger partial charge in [0, 0.05) is 37.1 Å². The number of hydrogen-bond acceptors (Lipinski definition) is 6. The van der Waals surface area contributed by atoms with Crippen molar-refractivity contribution >= 4 is 21.9 Å². The molecule has 1 aromatic carbocycles. The number of urea groups is 1. The lowest BCUT2D eigenvalue weighted by Gasteiger charge is -2.24. The second kappa shape index (κ2) is 9.82. The maximum Gasteiger partial charge on any atom is 0.333 e. The Morgan fingerprint density at radius 2 is 2.09 bits per heavy atom. The van der Waals surface area contributed by atoms with Gasteiger partial charge in [0.2, 0.25) is 0 Å². The summed E-state index contributed by atoms with van der Waals surface area (Å²) >= 11 is 0. The van der Waals surface area contributed by atoms with Crippen molar-refractivity contribution in [3.63, 3.8) is 0 Å². The fourth-order valence-electron chi connectivity index (χ4n) is 3.98. The minimum absolute atomic E-state index is 0.129. The number of likely N-dealkylation sites (N-methyl/N-ethyl adjacent to an activating group) is 2. The Morgan fingerprint density at radius 1 is 1.36 bits per heavy atom. The van der Waals surface area contributed by atoms with Crippen LogP contribution in [0.3, 0.4) is 0 Å². The summed E-state index contributed by atoms with van der Waals surface area (Å²) in [7, 11) is -0.732. The number of amides is 2. The van der Waals surface area contributed by atoms with E-state index in [1.807, 2.05) is 36.6 Å². The molecule has 1 atom stereocenters. The highest BCUT2D eigenvalue weighted by molar-refractivity contribution is 7.87. The molecule has 0 bridgehead atoms. The van der Waals surface area contributed by atoms with Gasteiger partial charge >= 0.3 is 16.2 Å². The third kappa shape index (κ3) is 5.47. The monoisotopic (exact) mass is 474 g/mol. The van der Waals surface area contributed by atoms with Crippen LogP contribution < -0.4 is 10.0 Å². The lowest BCUT2D eigenvalue weighted by molar-refractivity contribution is 0.255. The molecule has 9 nitrogen and oxygen atoms in total. The highest BCUT2D eigenvalue weighted by atomic mass is 32.2. The standard InChI is InChI=1S/C22H27FN6O3S/c1-14(2)20-19(6-5-18(23)21(20)15-7-9-25-16(11-15)12-24)26-22(30)27-33(31,32)29(4)17-8-10-28(3)13-17/h5-7,9,11,14,17H,8,10,13H2,1-4H3,(H2,26,27,30). The summed E-state index contributed by atoms with van der Waals surface area (Å²) in [6, 6.07) is 6.38. The second-order valence-corrected chi connectivity index (χ2v) is 10.1. The van der Waals surface area contributed by atoms with Crippen molar-refractivity contribution in [2.24, 2.45) is 0 Å². The average Bonchev–Trinajstić information content (AvgIpc) is 3.19. The number of nitriles is 1. The smallest absolute Gasteiger partial charge is 0.307 e. The van der Waals surface area contributed by atoms with Gasteiger partial charge in [0.15, 0.2) is 0 Å². The lowest BCUT2D eigenvalue weighted by atomic mass is 9.90. The fourth-order valence-corrected chi connectivity index (χ4v) is 4.98. The zero-order valence-corrected chi connectivity index (χ0v) is 19.8. The third-order valence-corrected chi connectivity index (χ3v) is 7.16. The average molecular weight is 475 g/mol. The van der Waals surface area contributed by atoms with Crippen LogP contribution in [0, 0.1) is 17.1 Å². The second-order valence-electron chi connectivity index (χ2n) is 8.36. The molecular formula is C22H27FN6O3S. The minimum Gasteiger partial charge on any atom is -0.307 e. The predicted octanol–water partition coefficient (Wildman–Crippen LogP) is 2.88. The molecule has 0 spiro atoms. The normalized spacial score (nSPS) is 16.7. The van der Waals surface area contributed by atoms with Crippen molar-refractivity contribution in [2.45, 2.75) is 32.2 Å². The molecule has 176 valence electrons. The number of benzene rings is 1. The van der Waals surface area contributed by atoms with Gasteiger partial charge in [0.1, 0.15) is 17.6 Å². The van der Waals surface area contributed by atoms with Gasteiger partial charge in [0.05, 0.1) is 0 Å². The molecule has 1 aliphatic heterocycles. The topological polar surface area (TPSA) is 118 Å². The fraction of sp³-hybridized carbons (Fsp3) is 0.409. The summed E-state index contributed by atoms with van der Waals surface area (Å²) in [5, 5.41) is 11.7. The van der Waals surface area contributed by atoms with Crippen LogP contribution in [0.5, 0.6) is 0 Å². The van der Waals surface area contributed by atoms with Gasteiger partial charge in [-0.05, 0) is 61.3 Å². The van der Waals surface area contributed by atoms with E-state index in [1.165, 1.54) is 31.4 Å². The van der Waals surface area contributed by atoms with E-state index in [0.29, 0.717) is 24.1 Å². The first-order valence-electron chi connectivity index (χ1n) is 10.5. The van der Waals surface area contributed by atoms with E-state index in [-0.39, 0.29) is 28.9 Å². The number of pyridine rings is 1. The minimum atomic E-state index is -4.07. The summed E-state index contributed by atoms with van der Waals surface area (Å²) < 4.78 is 43.5. The Hall–Kier alpha value is -3.07. The first kappa shape index (κ1) is 24.6. The number of rotatable bonds is 6. The molecule has 11 heteroatoms. The van der Waals surface area contributed by atoms with Gasteiger partial charge < -0.3 is 10.2 Å². The number of likely N-dealkylation sites (tertiary alicyclic amines) is 1. The molecule has 0 aliphatic carbocycles. The van der Waals surface area contributed by atoms with Crippen LogP contribution in [0.25, 0.3) is 11.1 Å². The molecule has 0 radical (unpaired) electrons. The molecule has 2 N–H and O–H groups in total. The molecule has 3 rings (SSSR count). The molecular weight excluding hydrogens is 447 g/mol. The van der Waals surface area contributed by atoms with Crippen molar-refractivity contribution in [1.82, 2.24) is 18.9 Å². The van der Waals surface area contributed by atoms with Crippen molar-refractivity contribution < 1.29 is 17.6 Å². The summed E-state index contributed by atoms with van der Waals surface area (Å²) in [6.45, 7) is 5.01. The molecule has 1 unspecified atom stereocenters.